The van der Waals surface area contributed by atoms with Crippen LogP contribution in [0.4, 0.5) is 0 Å². The Morgan fingerprint density at radius 2 is 0.745 bits per heavy atom. The molecule has 1 aliphatic heterocycles. The van der Waals surface area contributed by atoms with Gasteiger partial charge >= 0.3 is 0 Å². The molecule has 9 heteroatoms. The van der Waals surface area contributed by atoms with Crippen molar-refractivity contribution >= 4 is 53.4 Å². The van der Waals surface area contributed by atoms with Crippen molar-refractivity contribution in [2.75, 3.05) is 0 Å². The summed E-state index contributed by atoms with van der Waals surface area (Å²) in [5.74, 6) is -0.222. The van der Waals surface area contributed by atoms with E-state index in [1.165, 1.54) is 0 Å². The van der Waals surface area contributed by atoms with Crippen LogP contribution in [0, 0.1) is 45.3 Å². The van der Waals surface area contributed by atoms with E-state index in [0.29, 0.717) is 33.4 Å². The van der Waals surface area contributed by atoms with Crippen LogP contribution < -0.4 is 0 Å². The number of aromatic nitrogens is 2. The first-order valence-electron chi connectivity index (χ1n) is 16.0. The summed E-state index contributed by atoms with van der Waals surface area (Å²) in [7, 11) is -3.48. The van der Waals surface area contributed by atoms with Crippen molar-refractivity contribution in [3.63, 3.8) is 0 Å². The molecule has 1 aliphatic rings. The lowest BCUT2D eigenvalue weighted by Gasteiger charge is -2.16. The number of hydrogen-bond donors (Lipinski definition) is 0. The maximum Gasteiger partial charge on any atom is 0.158 e. The molecule has 0 unspecified atom stereocenters. The molecule has 9 rings (SSSR count). The summed E-state index contributed by atoms with van der Waals surface area (Å²) in [5, 5.41) is 42.0. The maximum atomic E-state index is 13.4. The Morgan fingerprint density at radius 1 is 0.431 bits per heavy atom. The molecule has 8 nitrogen and oxygen atoms in total. The molecule has 0 spiro atoms. The van der Waals surface area contributed by atoms with Crippen molar-refractivity contribution in [2.45, 2.75) is 11.5 Å². The third kappa shape index (κ3) is 4.58. The summed E-state index contributed by atoms with van der Waals surface area (Å²) in [5.41, 5.74) is 10.0. The molecular weight excluding hydrogens is 653 g/mol. The minimum atomic E-state index is -3.48. The summed E-state index contributed by atoms with van der Waals surface area (Å²) < 4.78 is 31.1. The zero-order valence-electron chi connectivity index (χ0n) is 26.7. The van der Waals surface area contributed by atoms with E-state index in [4.69, 9.17) is 0 Å². The second kappa shape index (κ2) is 10.9. The van der Waals surface area contributed by atoms with Crippen LogP contribution in [0.1, 0.15) is 33.4 Å². The molecule has 6 aromatic carbocycles. The lowest BCUT2D eigenvalue weighted by molar-refractivity contribution is 0.595. The van der Waals surface area contributed by atoms with E-state index in [1.807, 2.05) is 84.9 Å². The summed E-state index contributed by atoms with van der Waals surface area (Å²) in [4.78, 5) is 0. The molecule has 0 atom stereocenters. The normalized spacial score (nSPS) is 13.2. The molecule has 0 aliphatic carbocycles. The van der Waals surface area contributed by atoms with E-state index in [9.17, 15) is 29.5 Å². The number of rotatable bonds is 2. The molecule has 238 valence electrons. The van der Waals surface area contributed by atoms with E-state index in [1.54, 1.807) is 24.3 Å². The molecule has 8 aromatic rings. The molecule has 0 saturated carbocycles. The fourth-order valence-electron chi connectivity index (χ4n) is 7.57. The van der Waals surface area contributed by atoms with Gasteiger partial charge in [-0.25, -0.2) is 8.42 Å². The standard InChI is InChI=1S/C42H22N6O2S/c43-19-25-1-9-39-35(13-25)36-14-26(20-44)2-10-40(36)47(39)31-7-5-29-23-51(49,50)24-30-6-8-32(18-34(30)33(29)17-31)48-41-11-3-27(21-45)15-37(41)38-16-28(22-46)4-12-42(38)48/h1-18H,23-24H2. The summed E-state index contributed by atoms with van der Waals surface area (Å²) in [6.45, 7) is 0. The fraction of sp³-hybridized carbons (Fsp3) is 0.0476. The zero-order chi connectivity index (χ0) is 35.0. The highest BCUT2D eigenvalue weighted by atomic mass is 32.2. The number of sulfone groups is 1. The predicted octanol–water partition coefficient (Wildman–Crippen LogP) is 8.46. The number of nitrogens with zero attached hydrogens (tertiary/aromatic N) is 6. The highest BCUT2D eigenvalue weighted by Gasteiger charge is 2.26. The van der Waals surface area contributed by atoms with Gasteiger partial charge in [0.15, 0.2) is 9.84 Å². The van der Waals surface area contributed by atoms with E-state index >= 15 is 0 Å². The van der Waals surface area contributed by atoms with Crippen LogP contribution >= 0.6 is 0 Å². The highest BCUT2D eigenvalue weighted by molar-refractivity contribution is 7.89. The van der Waals surface area contributed by atoms with Crippen molar-refractivity contribution in [2.24, 2.45) is 0 Å². The third-order valence-electron chi connectivity index (χ3n) is 9.79. The lowest BCUT2D eigenvalue weighted by atomic mass is 9.95. The van der Waals surface area contributed by atoms with Gasteiger partial charge in [-0.15, -0.1) is 0 Å². The predicted molar refractivity (Wildman–Crippen MR) is 196 cm³/mol. The summed E-state index contributed by atoms with van der Waals surface area (Å²) in [6, 6.07) is 42.5. The van der Waals surface area contributed by atoms with Gasteiger partial charge in [-0.2, -0.15) is 21.0 Å². The number of hydrogen-bond acceptors (Lipinski definition) is 6. The van der Waals surface area contributed by atoms with Gasteiger partial charge in [0.1, 0.15) is 0 Å². The van der Waals surface area contributed by atoms with Crippen LogP contribution in [0.25, 0.3) is 66.1 Å². The maximum absolute atomic E-state index is 13.4. The Hall–Kier alpha value is -7.17. The molecule has 3 heterocycles. The van der Waals surface area contributed by atoms with Crippen LogP contribution in [-0.4, -0.2) is 17.6 Å². The number of nitriles is 4. The molecule has 0 bridgehead atoms. The van der Waals surface area contributed by atoms with Gasteiger partial charge in [-0.3, -0.25) is 0 Å². The SMILES string of the molecule is N#Cc1ccc2c(c1)c1cc(C#N)ccc1n2-c1ccc2c(c1)-c1cc(-n3c4ccc(C#N)cc4c4cc(C#N)ccc43)ccc1CS(=O)(=O)C2. The van der Waals surface area contributed by atoms with Gasteiger partial charge in [-0.1, -0.05) is 12.1 Å². The van der Waals surface area contributed by atoms with Gasteiger partial charge in [0.05, 0.1) is 80.1 Å². The Bertz CT molecular complexity index is 2810. The Morgan fingerprint density at radius 3 is 1.04 bits per heavy atom. The first-order chi connectivity index (χ1) is 24.8. The van der Waals surface area contributed by atoms with Crippen molar-refractivity contribution in [1.29, 1.82) is 21.0 Å². The van der Waals surface area contributed by atoms with Crippen molar-refractivity contribution in [3.05, 3.63) is 143 Å². The van der Waals surface area contributed by atoms with Crippen LogP contribution in [0.3, 0.4) is 0 Å². The molecule has 0 N–H and O–H groups in total. The minimum absolute atomic E-state index is 0.111. The minimum Gasteiger partial charge on any atom is -0.309 e. The van der Waals surface area contributed by atoms with Gasteiger partial charge in [0, 0.05) is 32.9 Å². The van der Waals surface area contributed by atoms with E-state index < -0.39 is 9.84 Å². The van der Waals surface area contributed by atoms with E-state index in [0.717, 1.165) is 66.1 Å². The van der Waals surface area contributed by atoms with Crippen LogP contribution in [-0.2, 0) is 21.3 Å². The molecule has 0 radical (unpaired) electrons. The average Bonchev–Trinajstić information content (AvgIpc) is 3.61. The summed E-state index contributed by atoms with van der Waals surface area (Å²) >= 11 is 0. The van der Waals surface area contributed by atoms with Crippen LogP contribution in [0.5, 0.6) is 0 Å². The number of fused-ring (bicyclic) bond motifs is 9. The number of benzene rings is 6. The quantitative estimate of drug-likeness (QED) is 0.180. The van der Waals surface area contributed by atoms with E-state index in [2.05, 4.69) is 33.4 Å². The fourth-order valence-corrected chi connectivity index (χ4v) is 9.12. The average molecular weight is 675 g/mol. The second-order valence-corrected chi connectivity index (χ2v) is 14.8. The third-order valence-corrected chi connectivity index (χ3v) is 11.3. The van der Waals surface area contributed by atoms with Gasteiger partial charge in [-0.05, 0) is 119 Å². The molecular formula is C42H22N6O2S. The second-order valence-electron chi connectivity index (χ2n) is 12.8. The van der Waals surface area contributed by atoms with E-state index in [-0.39, 0.29) is 11.5 Å². The lowest BCUT2D eigenvalue weighted by Crippen LogP contribution is -2.05. The zero-order valence-corrected chi connectivity index (χ0v) is 27.5. The topological polar surface area (TPSA) is 139 Å². The van der Waals surface area contributed by atoms with Crippen LogP contribution in [0.15, 0.2) is 109 Å². The Kier molecular flexibility index (Phi) is 6.41. The van der Waals surface area contributed by atoms with Crippen molar-refractivity contribution in [1.82, 2.24) is 9.13 Å². The molecule has 51 heavy (non-hydrogen) atoms. The first-order valence-corrected chi connectivity index (χ1v) is 17.9. The largest absolute Gasteiger partial charge is 0.309 e. The Labute approximate surface area is 292 Å². The van der Waals surface area contributed by atoms with Gasteiger partial charge < -0.3 is 9.13 Å². The molecule has 0 fully saturated rings. The monoisotopic (exact) mass is 674 g/mol. The Balaban J connectivity index is 1.31. The molecule has 2 aromatic heterocycles. The van der Waals surface area contributed by atoms with Gasteiger partial charge in [0.25, 0.3) is 0 Å². The summed E-state index contributed by atoms with van der Waals surface area (Å²) in [6.07, 6.45) is 0. The molecule has 0 saturated heterocycles. The van der Waals surface area contributed by atoms with Crippen LogP contribution in [0.2, 0.25) is 0 Å². The smallest absolute Gasteiger partial charge is 0.158 e. The first kappa shape index (κ1) is 29.9. The highest BCUT2D eigenvalue weighted by Crippen LogP contribution is 2.41. The molecule has 0 amide bonds. The van der Waals surface area contributed by atoms with Crippen molar-refractivity contribution < 1.29 is 8.42 Å². The van der Waals surface area contributed by atoms with Crippen molar-refractivity contribution in [3.8, 4) is 46.8 Å². The van der Waals surface area contributed by atoms with Gasteiger partial charge in [0.2, 0.25) is 0 Å².